The number of carbonyl (C=O) groups excluding carboxylic acids is 1. The van der Waals surface area contributed by atoms with Gasteiger partial charge >= 0.3 is 6.09 Å². The van der Waals surface area contributed by atoms with Crippen molar-refractivity contribution in [2.24, 2.45) is 0 Å². The Morgan fingerprint density at radius 1 is 1.53 bits per heavy atom. The maximum atomic E-state index is 12.0. The Kier molecular flexibility index (Phi) is 5.51. The Morgan fingerprint density at radius 2 is 2.21 bits per heavy atom. The van der Waals surface area contributed by atoms with Gasteiger partial charge in [0, 0.05) is 10.7 Å². The minimum atomic E-state index is -4.02. The average Bonchev–Trinajstić information content (AvgIpc) is 2.37. The van der Waals surface area contributed by atoms with Crippen LogP contribution in [0.2, 0.25) is 0 Å². The molecule has 10 heteroatoms. The Hall–Kier alpha value is -1.39. The number of nitrogens with one attached hydrogen (secondary N) is 2. The summed E-state index contributed by atoms with van der Waals surface area (Å²) < 4.78 is 33.7. The van der Waals surface area contributed by atoms with Crippen LogP contribution in [0, 0.1) is 0 Å². The summed E-state index contributed by atoms with van der Waals surface area (Å²) in [6.07, 6.45) is 0.476. The van der Waals surface area contributed by atoms with E-state index >= 15 is 0 Å². The van der Waals surface area contributed by atoms with E-state index in [9.17, 15) is 13.2 Å². The number of sulfonamides is 1. The molecule has 1 aromatic rings. The molecule has 0 bridgehead atoms. The van der Waals surface area contributed by atoms with E-state index in [1.807, 2.05) is 10.3 Å². The summed E-state index contributed by atoms with van der Waals surface area (Å²) in [6.45, 7) is 1.71. The first-order valence-electron chi connectivity index (χ1n) is 5.04. The molecule has 0 aliphatic rings. The van der Waals surface area contributed by atoms with Gasteiger partial charge in [0.1, 0.15) is 4.90 Å². The van der Waals surface area contributed by atoms with Gasteiger partial charge in [-0.25, -0.2) is 23.6 Å². The lowest BCUT2D eigenvalue weighted by Gasteiger charge is -2.10. The minimum Gasteiger partial charge on any atom is -0.480 e. The Bertz CT molecular complexity index is 563. The number of hydrogen-bond acceptors (Lipinski definition) is 6. The first kappa shape index (κ1) is 15.7. The Labute approximate surface area is 118 Å². The number of methoxy groups -OCH3 is 1. The molecule has 19 heavy (non-hydrogen) atoms. The van der Waals surface area contributed by atoms with Crippen LogP contribution in [-0.4, -0.2) is 33.2 Å². The molecule has 0 aliphatic carbocycles. The molecule has 106 valence electrons. The third kappa shape index (κ3) is 4.33. The monoisotopic (exact) mass is 353 g/mol. The molecular weight excluding hydrogens is 342 g/mol. The molecule has 0 atom stereocenters. The average molecular weight is 354 g/mol. The van der Waals surface area contributed by atoms with E-state index < -0.39 is 16.1 Å². The van der Waals surface area contributed by atoms with Gasteiger partial charge in [-0.15, -0.1) is 4.83 Å². The van der Waals surface area contributed by atoms with Crippen LogP contribution in [0.4, 0.5) is 4.79 Å². The second-order valence-electron chi connectivity index (χ2n) is 3.11. The zero-order valence-corrected chi connectivity index (χ0v) is 12.5. The Morgan fingerprint density at radius 3 is 2.79 bits per heavy atom. The molecule has 8 nitrogen and oxygen atoms in total. The van der Waals surface area contributed by atoms with Crippen LogP contribution in [0.3, 0.4) is 0 Å². The fourth-order valence-electron chi connectivity index (χ4n) is 1.08. The second kappa shape index (κ2) is 6.68. The van der Waals surface area contributed by atoms with Crippen molar-refractivity contribution < 1.29 is 22.7 Å². The molecule has 1 amide bonds. The summed E-state index contributed by atoms with van der Waals surface area (Å²) in [5.41, 5.74) is 1.90. The van der Waals surface area contributed by atoms with Crippen LogP contribution in [0.5, 0.6) is 5.88 Å². The van der Waals surface area contributed by atoms with Crippen LogP contribution < -0.4 is 15.0 Å². The maximum Gasteiger partial charge on any atom is 0.422 e. The molecule has 0 unspecified atom stereocenters. The van der Waals surface area contributed by atoms with Crippen molar-refractivity contribution >= 4 is 32.0 Å². The van der Waals surface area contributed by atoms with E-state index in [1.54, 1.807) is 6.92 Å². The molecule has 0 saturated heterocycles. The summed E-state index contributed by atoms with van der Waals surface area (Å²) in [6, 6.07) is 1.29. The minimum absolute atomic E-state index is 0.0960. The highest BCUT2D eigenvalue weighted by Crippen LogP contribution is 2.23. The zero-order valence-electron chi connectivity index (χ0n) is 10.1. The third-order valence-electron chi connectivity index (χ3n) is 1.83. The second-order valence-corrected chi connectivity index (χ2v) is 5.68. The Balaban J connectivity index is 2.94. The first-order valence-corrected chi connectivity index (χ1v) is 7.32. The zero-order chi connectivity index (χ0) is 14.5. The van der Waals surface area contributed by atoms with Gasteiger partial charge in [-0.3, -0.25) is 0 Å². The summed E-state index contributed by atoms with van der Waals surface area (Å²) in [5, 5.41) is 0. The van der Waals surface area contributed by atoms with Gasteiger partial charge in [0.25, 0.3) is 10.0 Å². The number of rotatable bonds is 5. The van der Waals surface area contributed by atoms with Gasteiger partial charge in [-0.2, -0.15) is 0 Å². The highest BCUT2D eigenvalue weighted by atomic mass is 79.9. The van der Waals surface area contributed by atoms with Crippen molar-refractivity contribution in [1.29, 1.82) is 0 Å². The number of carbonyl (C=O) groups is 1. The first-order chi connectivity index (χ1) is 8.90. The number of hydrogen-bond donors (Lipinski definition) is 2. The molecule has 0 radical (unpaired) electrons. The lowest BCUT2D eigenvalue weighted by atomic mass is 10.5. The van der Waals surface area contributed by atoms with Gasteiger partial charge < -0.3 is 9.47 Å². The summed E-state index contributed by atoms with van der Waals surface area (Å²) in [4.78, 5) is 16.5. The molecular formula is C9H12BrN3O5S. The predicted octanol–water partition coefficient (Wildman–Crippen LogP) is 0.792. The quantitative estimate of drug-likeness (QED) is 0.758. The molecule has 0 saturated carbocycles. The topological polar surface area (TPSA) is 107 Å². The molecule has 0 aliphatic heterocycles. The van der Waals surface area contributed by atoms with Crippen molar-refractivity contribution in [2.75, 3.05) is 13.7 Å². The molecule has 1 rings (SSSR count). The predicted molar refractivity (Wildman–Crippen MR) is 69.0 cm³/mol. The standard InChI is InChI=1S/C9H12BrN3O5S/c1-3-18-9(14)12-13-19(15,16)7-4-6(10)5-11-8(7)17-2/h4-5,13H,3H2,1-2H3,(H,12,14). The molecule has 0 spiro atoms. The lowest BCUT2D eigenvalue weighted by molar-refractivity contribution is 0.150. The number of amides is 1. The van der Waals surface area contributed by atoms with Gasteiger partial charge in [0.05, 0.1) is 13.7 Å². The number of nitrogens with zero attached hydrogens (tertiary/aromatic N) is 1. The number of pyridine rings is 1. The van der Waals surface area contributed by atoms with E-state index in [0.29, 0.717) is 4.47 Å². The molecule has 1 heterocycles. The SMILES string of the molecule is CCOC(=O)NNS(=O)(=O)c1cc(Br)cnc1OC. The fourth-order valence-corrected chi connectivity index (χ4v) is 2.54. The van der Waals surface area contributed by atoms with Crippen molar-refractivity contribution in [3.05, 3.63) is 16.7 Å². The number of aromatic nitrogens is 1. The normalized spacial score (nSPS) is 10.9. The third-order valence-corrected chi connectivity index (χ3v) is 3.51. The van der Waals surface area contributed by atoms with E-state index in [-0.39, 0.29) is 17.4 Å². The van der Waals surface area contributed by atoms with E-state index in [2.05, 4.69) is 25.7 Å². The number of halogens is 1. The van der Waals surface area contributed by atoms with E-state index in [1.165, 1.54) is 19.4 Å². The summed E-state index contributed by atoms with van der Waals surface area (Å²) in [5.74, 6) is -0.0960. The van der Waals surface area contributed by atoms with Crippen molar-refractivity contribution in [3.63, 3.8) is 0 Å². The van der Waals surface area contributed by atoms with Crippen LogP contribution in [0.1, 0.15) is 6.92 Å². The molecule has 1 aromatic heterocycles. The van der Waals surface area contributed by atoms with Crippen LogP contribution in [0.15, 0.2) is 21.6 Å². The molecule has 0 aromatic carbocycles. The highest BCUT2D eigenvalue weighted by molar-refractivity contribution is 9.10. The van der Waals surface area contributed by atoms with Gasteiger partial charge in [-0.1, -0.05) is 0 Å². The number of ether oxygens (including phenoxy) is 2. The molecule has 0 fully saturated rings. The van der Waals surface area contributed by atoms with Crippen LogP contribution in [-0.2, 0) is 14.8 Å². The van der Waals surface area contributed by atoms with Gasteiger partial charge in [0.15, 0.2) is 0 Å². The van der Waals surface area contributed by atoms with Crippen molar-refractivity contribution in [1.82, 2.24) is 15.2 Å². The fraction of sp³-hybridized carbons (Fsp3) is 0.333. The largest absolute Gasteiger partial charge is 0.480 e. The summed E-state index contributed by atoms with van der Waals surface area (Å²) in [7, 11) is -2.73. The van der Waals surface area contributed by atoms with Crippen molar-refractivity contribution in [2.45, 2.75) is 11.8 Å². The lowest BCUT2D eigenvalue weighted by Crippen LogP contribution is -2.42. The van der Waals surface area contributed by atoms with E-state index in [4.69, 9.17) is 4.74 Å². The highest BCUT2D eigenvalue weighted by Gasteiger charge is 2.22. The van der Waals surface area contributed by atoms with Gasteiger partial charge in [-0.05, 0) is 28.9 Å². The maximum absolute atomic E-state index is 12.0. The van der Waals surface area contributed by atoms with E-state index in [0.717, 1.165) is 0 Å². The van der Waals surface area contributed by atoms with Gasteiger partial charge in [0.2, 0.25) is 5.88 Å². The summed E-state index contributed by atoms with van der Waals surface area (Å²) >= 11 is 3.10. The van der Waals surface area contributed by atoms with Crippen LogP contribution >= 0.6 is 15.9 Å². The smallest absolute Gasteiger partial charge is 0.422 e. The van der Waals surface area contributed by atoms with Crippen LogP contribution in [0.25, 0.3) is 0 Å². The number of hydrazine groups is 1. The van der Waals surface area contributed by atoms with Crippen molar-refractivity contribution in [3.8, 4) is 5.88 Å². The molecule has 2 N–H and O–H groups in total.